The molecular formula is C25H25N7O. The zero-order valence-corrected chi connectivity index (χ0v) is 18.6. The van der Waals surface area contributed by atoms with Crippen LogP contribution >= 0.6 is 0 Å². The molecule has 0 bridgehead atoms. The maximum absolute atomic E-state index is 9.50. The number of benzene rings is 2. The zero-order chi connectivity index (χ0) is 22.8. The Balaban J connectivity index is 1.53. The van der Waals surface area contributed by atoms with Gasteiger partial charge >= 0.3 is 0 Å². The van der Waals surface area contributed by atoms with E-state index in [0.29, 0.717) is 18.3 Å². The lowest BCUT2D eigenvalue weighted by Crippen LogP contribution is -2.11. The van der Waals surface area contributed by atoms with E-state index in [4.69, 9.17) is 9.97 Å². The van der Waals surface area contributed by atoms with Crippen LogP contribution in [-0.2, 0) is 6.42 Å². The predicted octanol–water partition coefficient (Wildman–Crippen LogP) is 4.62. The molecule has 2 N–H and O–H groups in total. The van der Waals surface area contributed by atoms with Crippen molar-refractivity contribution in [3.8, 4) is 23.1 Å². The number of imidazole rings is 2. The SMILES string of the molecule is CC(C)n1cnc2c(NCCc3ccc(O)cc3)nc(-n3ccnc3-c3ccccc3)nc21. The Kier molecular flexibility index (Phi) is 5.48. The fraction of sp³-hybridized carbons (Fsp3) is 0.200. The van der Waals surface area contributed by atoms with Crippen molar-refractivity contribution in [2.45, 2.75) is 26.3 Å². The zero-order valence-electron chi connectivity index (χ0n) is 18.6. The lowest BCUT2D eigenvalue weighted by Gasteiger charge is -2.13. The maximum atomic E-state index is 9.50. The number of fused-ring (bicyclic) bond motifs is 1. The van der Waals surface area contributed by atoms with E-state index < -0.39 is 0 Å². The van der Waals surface area contributed by atoms with Crippen molar-refractivity contribution in [2.24, 2.45) is 0 Å². The van der Waals surface area contributed by atoms with Crippen LogP contribution in [0.25, 0.3) is 28.5 Å². The lowest BCUT2D eigenvalue weighted by atomic mass is 10.1. The average Bonchev–Trinajstić information content (AvgIpc) is 3.48. The summed E-state index contributed by atoms with van der Waals surface area (Å²) >= 11 is 0. The Hall–Kier alpha value is -4.20. The highest BCUT2D eigenvalue weighted by Crippen LogP contribution is 2.26. The molecule has 0 aliphatic carbocycles. The number of aromatic nitrogens is 6. The van der Waals surface area contributed by atoms with Crippen molar-refractivity contribution >= 4 is 17.0 Å². The van der Waals surface area contributed by atoms with Crippen LogP contribution in [0, 0.1) is 0 Å². The Morgan fingerprint density at radius 2 is 1.76 bits per heavy atom. The van der Waals surface area contributed by atoms with Gasteiger partial charge in [-0.25, -0.2) is 9.97 Å². The van der Waals surface area contributed by atoms with Crippen LogP contribution in [0.2, 0.25) is 0 Å². The van der Waals surface area contributed by atoms with Gasteiger partial charge in [-0.05, 0) is 38.0 Å². The number of phenolic OH excluding ortho intramolecular Hbond substituents is 1. The molecule has 0 saturated carbocycles. The van der Waals surface area contributed by atoms with Crippen molar-refractivity contribution in [2.75, 3.05) is 11.9 Å². The van der Waals surface area contributed by atoms with E-state index >= 15 is 0 Å². The lowest BCUT2D eigenvalue weighted by molar-refractivity contribution is 0.475. The first-order valence-electron chi connectivity index (χ1n) is 11.0. The van der Waals surface area contributed by atoms with Crippen molar-refractivity contribution in [3.63, 3.8) is 0 Å². The average molecular weight is 440 g/mol. The quantitative estimate of drug-likeness (QED) is 0.384. The molecule has 3 heterocycles. The van der Waals surface area contributed by atoms with E-state index in [1.807, 2.05) is 64.1 Å². The summed E-state index contributed by atoms with van der Waals surface area (Å²) < 4.78 is 3.95. The molecule has 5 aromatic rings. The Labute approximate surface area is 191 Å². The minimum Gasteiger partial charge on any atom is -0.508 e. The van der Waals surface area contributed by atoms with E-state index in [-0.39, 0.29) is 11.8 Å². The summed E-state index contributed by atoms with van der Waals surface area (Å²) in [6.45, 7) is 4.88. The summed E-state index contributed by atoms with van der Waals surface area (Å²) in [7, 11) is 0. The maximum Gasteiger partial charge on any atom is 0.239 e. The Morgan fingerprint density at radius 3 is 2.52 bits per heavy atom. The topological polar surface area (TPSA) is 93.7 Å². The predicted molar refractivity (Wildman–Crippen MR) is 129 cm³/mol. The fourth-order valence-corrected chi connectivity index (χ4v) is 3.77. The number of aromatic hydroxyl groups is 1. The first-order chi connectivity index (χ1) is 16.1. The van der Waals surface area contributed by atoms with Crippen LogP contribution in [0.3, 0.4) is 0 Å². The number of hydrogen-bond donors (Lipinski definition) is 2. The van der Waals surface area contributed by atoms with Gasteiger partial charge in [0, 0.05) is 30.5 Å². The second-order valence-corrected chi connectivity index (χ2v) is 8.12. The van der Waals surface area contributed by atoms with Gasteiger partial charge in [-0.2, -0.15) is 9.97 Å². The molecule has 0 unspecified atom stereocenters. The van der Waals surface area contributed by atoms with Gasteiger partial charge in [-0.1, -0.05) is 42.5 Å². The molecule has 8 nitrogen and oxygen atoms in total. The fourth-order valence-electron chi connectivity index (χ4n) is 3.77. The molecule has 0 fully saturated rings. The molecule has 0 atom stereocenters. The summed E-state index contributed by atoms with van der Waals surface area (Å²) in [5.41, 5.74) is 3.62. The minimum atomic E-state index is 0.207. The molecule has 0 spiro atoms. The number of phenols is 1. The van der Waals surface area contributed by atoms with Gasteiger partial charge in [0.1, 0.15) is 11.6 Å². The van der Waals surface area contributed by atoms with Crippen LogP contribution in [0.4, 0.5) is 5.82 Å². The van der Waals surface area contributed by atoms with Crippen molar-refractivity contribution in [3.05, 3.63) is 78.9 Å². The summed E-state index contributed by atoms with van der Waals surface area (Å²) in [6.07, 6.45) is 6.23. The summed E-state index contributed by atoms with van der Waals surface area (Å²) in [5.74, 6) is 2.26. The highest BCUT2D eigenvalue weighted by atomic mass is 16.3. The first-order valence-corrected chi connectivity index (χ1v) is 11.0. The van der Waals surface area contributed by atoms with Gasteiger partial charge in [0.2, 0.25) is 5.95 Å². The molecule has 2 aromatic carbocycles. The van der Waals surface area contributed by atoms with Crippen molar-refractivity contribution < 1.29 is 5.11 Å². The largest absolute Gasteiger partial charge is 0.508 e. The van der Waals surface area contributed by atoms with Gasteiger partial charge < -0.3 is 15.0 Å². The minimum absolute atomic E-state index is 0.207. The molecular weight excluding hydrogens is 414 g/mol. The van der Waals surface area contributed by atoms with Gasteiger partial charge in [-0.15, -0.1) is 0 Å². The van der Waals surface area contributed by atoms with Gasteiger partial charge in [0.05, 0.1) is 6.33 Å². The molecule has 0 amide bonds. The second kappa shape index (κ2) is 8.74. The van der Waals surface area contributed by atoms with Gasteiger partial charge in [-0.3, -0.25) is 4.57 Å². The molecule has 0 aliphatic heterocycles. The first kappa shape index (κ1) is 20.7. The van der Waals surface area contributed by atoms with Gasteiger partial charge in [0.25, 0.3) is 0 Å². The third-order valence-electron chi connectivity index (χ3n) is 5.50. The molecule has 0 aliphatic rings. The summed E-state index contributed by atoms with van der Waals surface area (Å²) in [5, 5.41) is 12.9. The van der Waals surface area contributed by atoms with Crippen molar-refractivity contribution in [1.82, 2.24) is 29.1 Å². The van der Waals surface area contributed by atoms with Crippen LogP contribution in [0.1, 0.15) is 25.5 Å². The number of nitrogens with zero attached hydrogens (tertiary/aromatic N) is 6. The van der Waals surface area contributed by atoms with E-state index in [9.17, 15) is 5.11 Å². The number of anilines is 1. The number of hydrogen-bond acceptors (Lipinski definition) is 6. The Bertz CT molecular complexity index is 1370. The molecule has 33 heavy (non-hydrogen) atoms. The standard InChI is InChI=1S/C25H25N7O/c1-17(2)32-16-28-21-22(26-13-12-18-8-10-20(33)11-9-18)29-25(30-24(21)32)31-15-14-27-23(31)19-6-4-3-5-7-19/h3-11,14-17,33H,12-13H2,1-2H3,(H,26,29,30). The third kappa shape index (κ3) is 4.15. The Morgan fingerprint density at radius 1 is 0.970 bits per heavy atom. The smallest absolute Gasteiger partial charge is 0.239 e. The van der Waals surface area contributed by atoms with E-state index in [2.05, 4.69) is 29.1 Å². The van der Waals surface area contributed by atoms with E-state index in [1.54, 1.807) is 18.3 Å². The normalized spacial score (nSPS) is 11.4. The summed E-state index contributed by atoms with van der Waals surface area (Å²) in [6, 6.07) is 17.4. The summed E-state index contributed by atoms with van der Waals surface area (Å²) in [4.78, 5) is 18.8. The van der Waals surface area contributed by atoms with Gasteiger partial charge in [0.15, 0.2) is 17.0 Å². The number of nitrogens with one attached hydrogen (secondary N) is 1. The molecule has 5 rings (SSSR count). The molecule has 0 saturated heterocycles. The monoisotopic (exact) mass is 439 g/mol. The molecule has 166 valence electrons. The van der Waals surface area contributed by atoms with Crippen LogP contribution in [0.5, 0.6) is 5.75 Å². The van der Waals surface area contributed by atoms with Crippen LogP contribution in [0.15, 0.2) is 73.3 Å². The van der Waals surface area contributed by atoms with E-state index in [1.165, 1.54) is 0 Å². The third-order valence-corrected chi connectivity index (χ3v) is 5.50. The van der Waals surface area contributed by atoms with Crippen LogP contribution in [-0.4, -0.2) is 40.7 Å². The van der Waals surface area contributed by atoms with Crippen LogP contribution < -0.4 is 5.32 Å². The van der Waals surface area contributed by atoms with E-state index in [0.717, 1.165) is 34.5 Å². The highest BCUT2D eigenvalue weighted by molar-refractivity contribution is 5.84. The van der Waals surface area contributed by atoms with Crippen molar-refractivity contribution in [1.29, 1.82) is 0 Å². The molecule has 8 heteroatoms. The molecule has 3 aromatic heterocycles. The second-order valence-electron chi connectivity index (χ2n) is 8.12. The molecule has 0 radical (unpaired) electrons. The highest BCUT2D eigenvalue weighted by Gasteiger charge is 2.17. The number of rotatable bonds is 7.